The van der Waals surface area contributed by atoms with E-state index >= 15 is 0 Å². The molecule has 8 nitrogen and oxygen atoms in total. The summed E-state index contributed by atoms with van der Waals surface area (Å²) in [6, 6.07) is 6.24. The van der Waals surface area contributed by atoms with Gasteiger partial charge in [-0.3, -0.25) is 10.1 Å². The molecule has 0 atom stereocenters. The smallest absolute Gasteiger partial charge is 0.324 e. The van der Waals surface area contributed by atoms with Crippen molar-refractivity contribution >= 4 is 45.8 Å². The minimum Gasteiger partial charge on any atom is -0.335 e. The Balaban J connectivity index is 1.64. The van der Waals surface area contributed by atoms with Gasteiger partial charge in [0, 0.05) is 48.4 Å². The van der Waals surface area contributed by atoms with Gasteiger partial charge in [-0.25, -0.2) is 4.79 Å². The van der Waals surface area contributed by atoms with Crippen LogP contribution in [0.1, 0.15) is 10.5 Å². The molecule has 1 aliphatic heterocycles. The summed E-state index contributed by atoms with van der Waals surface area (Å²) in [6.07, 6.45) is 0. The summed E-state index contributed by atoms with van der Waals surface area (Å²) in [7, 11) is 2.01. The number of nitrogens with one attached hydrogen (secondary N) is 2. The van der Waals surface area contributed by atoms with E-state index in [2.05, 4.69) is 25.1 Å². The molecule has 3 rings (SSSR count). The molecule has 3 amide bonds. The van der Waals surface area contributed by atoms with Crippen LogP contribution in [-0.4, -0.2) is 64.6 Å². The lowest BCUT2D eigenvalue weighted by atomic mass is 10.3. The van der Waals surface area contributed by atoms with Crippen LogP contribution < -0.4 is 10.6 Å². The Hall–Kier alpha value is -2.23. The average Bonchev–Trinajstić information content (AvgIpc) is 3.05. The zero-order valence-electron chi connectivity index (χ0n) is 13.5. The van der Waals surface area contributed by atoms with Gasteiger partial charge in [-0.05, 0) is 31.3 Å². The van der Waals surface area contributed by atoms with Crippen molar-refractivity contribution in [3.05, 3.63) is 35.0 Å². The molecule has 2 heterocycles. The molecule has 132 valence electrons. The van der Waals surface area contributed by atoms with E-state index in [-0.39, 0.29) is 11.6 Å². The fraction of sp³-hybridized carbons (Fsp3) is 0.333. The van der Waals surface area contributed by atoms with E-state index in [0.717, 1.165) is 24.6 Å². The first-order valence-corrected chi connectivity index (χ1v) is 8.82. The van der Waals surface area contributed by atoms with Crippen LogP contribution in [0.5, 0.6) is 0 Å². The lowest BCUT2D eigenvalue weighted by molar-refractivity contribution is 0.0659. The van der Waals surface area contributed by atoms with E-state index < -0.39 is 6.03 Å². The number of aromatic nitrogens is 2. The van der Waals surface area contributed by atoms with Gasteiger partial charge < -0.3 is 15.1 Å². The lowest BCUT2D eigenvalue weighted by Crippen LogP contribution is -2.47. The molecule has 0 saturated carbocycles. The number of anilines is 2. The molecule has 1 saturated heterocycles. The number of nitrogens with zero attached hydrogens (tertiary/aromatic N) is 4. The number of piperazine rings is 1. The van der Waals surface area contributed by atoms with Gasteiger partial charge in [0.25, 0.3) is 5.91 Å². The van der Waals surface area contributed by atoms with Gasteiger partial charge in [0.05, 0.1) is 0 Å². The number of carbonyl (C=O) groups is 2. The molecule has 0 spiro atoms. The Labute approximate surface area is 153 Å². The molecule has 1 aliphatic rings. The molecular formula is C15H17ClN6O2S. The first kappa shape index (κ1) is 17.6. The summed E-state index contributed by atoms with van der Waals surface area (Å²) in [6.45, 7) is 2.87. The second-order valence-electron chi connectivity index (χ2n) is 5.63. The Morgan fingerprint density at radius 2 is 1.80 bits per heavy atom. The first-order valence-electron chi connectivity index (χ1n) is 7.66. The van der Waals surface area contributed by atoms with Crippen LogP contribution in [-0.2, 0) is 0 Å². The number of benzene rings is 1. The van der Waals surface area contributed by atoms with Crippen LogP contribution >= 0.6 is 23.1 Å². The number of amides is 3. The van der Waals surface area contributed by atoms with Gasteiger partial charge in [0.15, 0.2) is 10.7 Å². The zero-order chi connectivity index (χ0) is 17.8. The van der Waals surface area contributed by atoms with E-state index in [0.29, 0.717) is 28.8 Å². The van der Waals surface area contributed by atoms with Crippen molar-refractivity contribution < 1.29 is 9.59 Å². The molecule has 25 heavy (non-hydrogen) atoms. The molecule has 2 N–H and O–H groups in total. The summed E-state index contributed by atoms with van der Waals surface area (Å²) < 4.78 is 3.80. The number of likely N-dealkylation sites (N-methyl/N-ethyl adjacent to an activating group) is 1. The molecule has 0 unspecified atom stereocenters. The fourth-order valence-corrected chi connectivity index (χ4v) is 3.05. The number of hydrogen-bond acceptors (Lipinski definition) is 6. The highest BCUT2D eigenvalue weighted by Gasteiger charge is 2.26. The van der Waals surface area contributed by atoms with Crippen molar-refractivity contribution in [3.8, 4) is 0 Å². The Morgan fingerprint density at radius 3 is 2.48 bits per heavy atom. The molecule has 2 aromatic rings. The highest BCUT2D eigenvalue weighted by Crippen LogP contribution is 2.21. The number of urea groups is 1. The van der Waals surface area contributed by atoms with Crippen molar-refractivity contribution in [2.75, 3.05) is 43.9 Å². The summed E-state index contributed by atoms with van der Waals surface area (Å²) in [5.74, 6) is -0.219. The van der Waals surface area contributed by atoms with Crippen molar-refractivity contribution in [3.63, 3.8) is 0 Å². The molecule has 0 bridgehead atoms. The van der Waals surface area contributed by atoms with Crippen LogP contribution in [0.4, 0.5) is 15.5 Å². The zero-order valence-corrected chi connectivity index (χ0v) is 15.1. The topological polar surface area (TPSA) is 90.5 Å². The molecular weight excluding hydrogens is 364 g/mol. The van der Waals surface area contributed by atoms with Crippen LogP contribution in [0, 0.1) is 0 Å². The molecule has 0 aliphatic carbocycles. The second-order valence-corrected chi connectivity index (χ2v) is 6.82. The van der Waals surface area contributed by atoms with E-state index in [1.807, 2.05) is 7.05 Å². The highest BCUT2D eigenvalue weighted by molar-refractivity contribution is 7.10. The van der Waals surface area contributed by atoms with Gasteiger partial charge in [-0.15, -0.1) is 5.10 Å². The summed E-state index contributed by atoms with van der Waals surface area (Å²) in [5, 5.41) is 10.1. The predicted octanol–water partition coefficient (Wildman–Crippen LogP) is 2.22. The van der Waals surface area contributed by atoms with Crippen LogP contribution in [0.15, 0.2) is 24.3 Å². The monoisotopic (exact) mass is 380 g/mol. The average molecular weight is 381 g/mol. The van der Waals surface area contributed by atoms with Gasteiger partial charge in [0.1, 0.15) is 0 Å². The number of rotatable bonds is 3. The van der Waals surface area contributed by atoms with Crippen LogP contribution in [0.3, 0.4) is 0 Å². The second kappa shape index (κ2) is 7.77. The Morgan fingerprint density at radius 1 is 1.12 bits per heavy atom. The third-order valence-corrected chi connectivity index (χ3v) is 4.70. The van der Waals surface area contributed by atoms with Gasteiger partial charge in [-0.2, -0.15) is 0 Å². The summed E-state index contributed by atoms with van der Waals surface area (Å²) in [4.78, 5) is 28.6. The molecule has 1 fully saturated rings. The minimum absolute atomic E-state index is 0.167. The van der Waals surface area contributed by atoms with Crippen molar-refractivity contribution in [1.82, 2.24) is 19.4 Å². The predicted molar refractivity (Wildman–Crippen MR) is 97.4 cm³/mol. The number of halogens is 1. The van der Waals surface area contributed by atoms with E-state index in [1.54, 1.807) is 29.2 Å². The van der Waals surface area contributed by atoms with Crippen molar-refractivity contribution in [2.45, 2.75) is 0 Å². The van der Waals surface area contributed by atoms with Crippen molar-refractivity contribution in [1.29, 1.82) is 0 Å². The number of hydrogen-bond donors (Lipinski definition) is 2. The number of carbonyl (C=O) groups excluding carboxylic acids is 2. The third kappa shape index (κ3) is 4.44. The third-order valence-electron chi connectivity index (χ3n) is 3.81. The summed E-state index contributed by atoms with van der Waals surface area (Å²) >= 11 is 6.79. The van der Waals surface area contributed by atoms with Crippen LogP contribution in [0.25, 0.3) is 0 Å². The maximum Gasteiger partial charge on any atom is 0.324 e. The minimum atomic E-state index is -0.471. The molecule has 0 radical (unpaired) electrons. The molecule has 1 aromatic heterocycles. The SMILES string of the molecule is CN1CCN(C(=O)c2nnsc2NC(=O)Nc2ccc(Cl)cc2)CC1. The first-order chi connectivity index (χ1) is 12.0. The Kier molecular flexibility index (Phi) is 5.47. The Bertz CT molecular complexity index is 758. The normalized spacial score (nSPS) is 15.0. The van der Waals surface area contributed by atoms with E-state index in [4.69, 9.17) is 11.6 Å². The maximum atomic E-state index is 12.6. The van der Waals surface area contributed by atoms with E-state index in [1.165, 1.54) is 0 Å². The highest BCUT2D eigenvalue weighted by atomic mass is 35.5. The standard InChI is InChI=1S/C15H17ClN6O2S/c1-21-6-8-22(9-7-21)14(23)12-13(25-20-19-12)18-15(24)17-11-4-2-10(16)3-5-11/h2-5H,6-9H2,1H3,(H2,17,18,24). The van der Waals surface area contributed by atoms with Gasteiger partial charge in [-0.1, -0.05) is 16.1 Å². The van der Waals surface area contributed by atoms with Gasteiger partial charge in [0.2, 0.25) is 0 Å². The maximum absolute atomic E-state index is 12.6. The quantitative estimate of drug-likeness (QED) is 0.852. The van der Waals surface area contributed by atoms with Gasteiger partial charge >= 0.3 is 6.03 Å². The van der Waals surface area contributed by atoms with Crippen molar-refractivity contribution in [2.24, 2.45) is 0 Å². The van der Waals surface area contributed by atoms with Crippen LogP contribution in [0.2, 0.25) is 5.02 Å². The molecule has 1 aromatic carbocycles. The largest absolute Gasteiger partial charge is 0.335 e. The molecule has 10 heteroatoms. The van der Waals surface area contributed by atoms with E-state index in [9.17, 15) is 9.59 Å². The fourth-order valence-electron chi connectivity index (χ4n) is 2.37. The lowest BCUT2D eigenvalue weighted by Gasteiger charge is -2.31. The summed E-state index contributed by atoms with van der Waals surface area (Å²) in [5.41, 5.74) is 0.757.